The van der Waals surface area contributed by atoms with E-state index in [1.54, 1.807) is 0 Å². The van der Waals surface area contributed by atoms with Crippen molar-refractivity contribution in [1.82, 2.24) is 24.9 Å². The molecule has 2 aliphatic rings. The Morgan fingerprint density at radius 1 is 0.893 bits per heavy atom. The summed E-state index contributed by atoms with van der Waals surface area (Å²) in [5, 5.41) is 7.15. The molecular weight excluding hydrogens is 354 g/mol. The molecule has 148 valence electrons. The average molecular weight is 381 g/mol. The van der Waals surface area contributed by atoms with Crippen LogP contribution in [0.25, 0.3) is 11.3 Å². The molecule has 7 nitrogen and oxygen atoms in total. The molecule has 1 aromatic carbocycles. The molecule has 0 unspecified atom stereocenters. The molecular formula is C21H27N5O2. The van der Waals surface area contributed by atoms with Gasteiger partial charge in [0.25, 0.3) is 5.91 Å². The molecule has 28 heavy (non-hydrogen) atoms. The van der Waals surface area contributed by atoms with E-state index < -0.39 is 0 Å². The number of carbonyl (C=O) groups excluding carboxylic acids is 2. The summed E-state index contributed by atoms with van der Waals surface area (Å²) < 4.78 is 0. The molecule has 2 aliphatic heterocycles. The van der Waals surface area contributed by atoms with Crippen molar-refractivity contribution >= 4 is 11.8 Å². The fraction of sp³-hybridized carbons (Fsp3) is 0.476. The SMILES string of the molecule is O=C(CN1CCN(C(=O)c2cc(-c3ccccc3)n[nH]2)CC1)N1CCCCC1. The number of nitrogens with zero attached hydrogens (tertiary/aromatic N) is 4. The number of aromatic amines is 1. The zero-order valence-electron chi connectivity index (χ0n) is 16.1. The number of aromatic nitrogens is 2. The van der Waals surface area contributed by atoms with E-state index in [1.165, 1.54) is 6.42 Å². The first kappa shape index (κ1) is 18.7. The second kappa shape index (κ2) is 8.56. The number of amides is 2. The second-order valence-corrected chi connectivity index (χ2v) is 7.54. The van der Waals surface area contributed by atoms with Gasteiger partial charge in [-0.25, -0.2) is 0 Å². The average Bonchev–Trinajstić information content (AvgIpc) is 3.25. The summed E-state index contributed by atoms with van der Waals surface area (Å²) >= 11 is 0. The van der Waals surface area contributed by atoms with Crippen LogP contribution < -0.4 is 0 Å². The number of rotatable bonds is 4. The Bertz CT molecular complexity index is 805. The lowest BCUT2D eigenvalue weighted by atomic mass is 10.1. The van der Waals surface area contributed by atoms with Crippen LogP contribution in [-0.2, 0) is 4.79 Å². The minimum Gasteiger partial charge on any atom is -0.342 e. The van der Waals surface area contributed by atoms with Crippen LogP contribution in [0.4, 0.5) is 0 Å². The van der Waals surface area contributed by atoms with Gasteiger partial charge in [0.2, 0.25) is 5.91 Å². The maximum absolute atomic E-state index is 12.8. The normalized spacial score (nSPS) is 18.3. The van der Waals surface area contributed by atoms with E-state index in [-0.39, 0.29) is 11.8 Å². The molecule has 2 saturated heterocycles. The zero-order chi connectivity index (χ0) is 19.3. The van der Waals surface area contributed by atoms with Crippen molar-refractivity contribution in [2.45, 2.75) is 19.3 Å². The van der Waals surface area contributed by atoms with Crippen LogP contribution in [0.2, 0.25) is 0 Å². The first-order valence-electron chi connectivity index (χ1n) is 10.1. The van der Waals surface area contributed by atoms with Gasteiger partial charge >= 0.3 is 0 Å². The first-order chi connectivity index (χ1) is 13.7. The van der Waals surface area contributed by atoms with Gasteiger partial charge in [0.15, 0.2) is 0 Å². The molecule has 0 radical (unpaired) electrons. The molecule has 2 fully saturated rings. The number of benzene rings is 1. The van der Waals surface area contributed by atoms with E-state index in [0.29, 0.717) is 25.3 Å². The fourth-order valence-corrected chi connectivity index (χ4v) is 3.90. The molecule has 0 atom stereocenters. The molecule has 0 aliphatic carbocycles. The van der Waals surface area contributed by atoms with Crippen molar-refractivity contribution in [3.05, 3.63) is 42.1 Å². The molecule has 1 aromatic heterocycles. The third-order valence-corrected chi connectivity index (χ3v) is 5.60. The largest absolute Gasteiger partial charge is 0.342 e. The molecule has 3 heterocycles. The summed E-state index contributed by atoms with van der Waals surface area (Å²) in [4.78, 5) is 31.2. The molecule has 0 spiro atoms. The van der Waals surface area contributed by atoms with Gasteiger partial charge in [-0.05, 0) is 25.3 Å². The van der Waals surface area contributed by atoms with Gasteiger partial charge in [-0.15, -0.1) is 0 Å². The highest BCUT2D eigenvalue weighted by Crippen LogP contribution is 2.18. The van der Waals surface area contributed by atoms with Crippen LogP contribution in [0.15, 0.2) is 36.4 Å². The Morgan fingerprint density at radius 3 is 2.32 bits per heavy atom. The molecule has 4 rings (SSSR count). The highest BCUT2D eigenvalue weighted by atomic mass is 16.2. The number of piperazine rings is 1. The van der Waals surface area contributed by atoms with E-state index in [9.17, 15) is 9.59 Å². The van der Waals surface area contributed by atoms with E-state index in [1.807, 2.05) is 46.2 Å². The molecule has 7 heteroatoms. The molecule has 0 saturated carbocycles. The monoisotopic (exact) mass is 381 g/mol. The van der Waals surface area contributed by atoms with Crippen molar-refractivity contribution in [1.29, 1.82) is 0 Å². The maximum Gasteiger partial charge on any atom is 0.271 e. The van der Waals surface area contributed by atoms with Crippen LogP contribution in [0.3, 0.4) is 0 Å². The lowest BCUT2D eigenvalue weighted by Gasteiger charge is -2.35. The number of likely N-dealkylation sites (tertiary alicyclic amines) is 1. The smallest absolute Gasteiger partial charge is 0.271 e. The topological polar surface area (TPSA) is 72.5 Å². The standard InChI is InChI=1S/C21H27N5O2/c27-20(25-9-5-2-6-10-25)16-24-11-13-26(14-12-24)21(28)19-15-18(22-23-19)17-7-3-1-4-8-17/h1,3-4,7-8,15H,2,5-6,9-14,16H2,(H,22,23). The summed E-state index contributed by atoms with van der Waals surface area (Å²) in [7, 11) is 0. The van der Waals surface area contributed by atoms with E-state index in [2.05, 4.69) is 15.1 Å². The number of H-pyrrole nitrogens is 1. The van der Waals surface area contributed by atoms with Gasteiger partial charge in [0, 0.05) is 44.8 Å². The Kier molecular flexibility index (Phi) is 5.71. The Labute approximate surface area is 165 Å². The van der Waals surface area contributed by atoms with Crippen molar-refractivity contribution in [2.24, 2.45) is 0 Å². The summed E-state index contributed by atoms with van der Waals surface area (Å²) in [5.41, 5.74) is 2.27. The maximum atomic E-state index is 12.8. The Morgan fingerprint density at radius 2 is 1.61 bits per heavy atom. The summed E-state index contributed by atoms with van der Waals surface area (Å²) in [6.45, 7) is 4.96. The third kappa shape index (κ3) is 4.25. The zero-order valence-corrected chi connectivity index (χ0v) is 16.1. The van der Waals surface area contributed by atoms with Gasteiger partial charge in [-0.2, -0.15) is 5.10 Å². The lowest BCUT2D eigenvalue weighted by Crippen LogP contribution is -2.52. The summed E-state index contributed by atoms with van der Waals surface area (Å²) in [6, 6.07) is 11.6. The lowest BCUT2D eigenvalue weighted by molar-refractivity contribution is -0.133. The minimum absolute atomic E-state index is 0.0308. The highest BCUT2D eigenvalue weighted by molar-refractivity contribution is 5.93. The van der Waals surface area contributed by atoms with E-state index in [4.69, 9.17) is 0 Å². The molecule has 0 bridgehead atoms. The van der Waals surface area contributed by atoms with Gasteiger partial charge in [0.1, 0.15) is 5.69 Å². The van der Waals surface area contributed by atoms with E-state index in [0.717, 1.165) is 50.3 Å². The number of hydrogen-bond donors (Lipinski definition) is 1. The van der Waals surface area contributed by atoms with Crippen LogP contribution in [0.5, 0.6) is 0 Å². The molecule has 1 N–H and O–H groups in total. The summed E-state index contributed by atoms with van der Waals surface area (Å²) in [5.74, 6) is 0.192. The van der Waals surface area contributed by atoms with Gasteiger partial charge in [0.05, 0.1) is 12.2 Å². The fourth-order valence-electron chi connectivity index (χ4n) is 3.90. The van der Waals surface area contributed by atoms with Gasteiger partial charge in [-0.3, -0.25) is 19.6 Å². The predicted octanol–water partition coefficient (Wildman–Crippen LogP) is 1.85. The number of carbonyl (C=O) groups is 2. The quantitative estimate of drug-likeness (QED) is 0.877. The van der Waals surface area contributed by atoms with Gasteiger partial charge in [-0.1, -0.05) is 30.3 Å². The Hall–Kier alpha value is -2.67. The first-order valence-corrected chi connectivity index (χ1v) is 10.1. The van der Waals surface area contributed by atoms with E-state index >= 15 is 0 Å². The van der Waals surface area contributed by atoms with Crippen LogP contribution in [-0.4, -0.2) is 82.5 Å². The predicted molar refractivity (Wildman–Crippen MR) is 107 cm³/mol. The van der Waals surface area contributed by atoms with Crippen LogP contribution in [0.1, 0.15) is 29.8 Å². The van der Waals surface area contributed by atoms with Crippen molar-refractivity contribution in [2.75, 3.05) is 45.8 Å². The minimum atomic E-state index is -0.0308. The van der Waals surface area contributed by atoms with Crippen molar-refractivity contribution in [3.8, 4) is 11.3 Å². The number of piperidine rings is 1. The Balaban J connectivity index is 1.29. The van der Waals surface area contributed by atoms with Gasteiger partial charge < -0.3 is 9.80 Å². The summed E-state index contributed by atoms with van der Waals surface area (Å²) in [6.07, 6.45) is 3.45. The highest BCUT2D eigenvalue weighted by Gasteiger charge is 2.26. The number of nitrogens with one attached hydrogen (secondary N) is 1. The van der Waals surface area contributed by atoms with Crippen LogP contribution >= 0.6 is 0 Å². The third-order valence-electron chi connectivity index (χ3n) is 5.60. The number of hydrogen-bond acceptors (Lipinski definition) is 4. The van der Waals surface area contributed by atoms with Crippen molar-refractivity contribution in [3.63, 3.8) is 0 Å². The molecule has 2 aromatic rings. The second-order valence-electron chi connectivity index (χ2n) is 7.54. The van der Waals surface area contributed by atoms with Crippen LogP contribution in [0, 0.1) is 0 Å². The van der Waals surface area contributed by atoms with Crippen molar-refractivity contribution < 1.29 is 9.59 Å². The molecule has 2 amide bonds.